The number of rotatable bonds is 17. The highest BCUT2D eigenvalue weighted by Gasteiger charge is 2.33. The molecule has 36 heavy (non-hydrogen) atoms. The second kappa shape index (κ2) is 16.3. The van der Waals surface area contributed by atoms with Gasteiger partial charge in [0, 0.05) is 13.0 Å². The van der Waals surface area contributed by atoms with Gasteiger partial charge in [-0.25, -0.2) is 4.79 Å². The number of aliphatic carboxylic acids is 1. The Morgan fingerprint density at radius 3 is 1.94 bits per heavy atom. The minimum Gasteiger partial charge on any atom is -0.480 e. The molecule has 0 saturated heterocycles. The summed E-state index contributed by atoms with van der Waals surface area (Å²) in [6.45, 7) is 4.95. The number of primary amides is 1. The van der Waals surface area contributed by atoms with Gasteiger partial charge >= 0.3 is 5.97 Å². The predicted molar refractivity (Wildman–Crippen MR) is 131 cm³/mol. The van der Waals surface area contributed by atoms with Gasteiger partial charge in [0.2, 0.25) is 23.6 Å². The molecule has 0 aromatic rings. The Kier molecular flexibility index (Phi) is 14.7. The van der Waals surface area contributed by atoms with Crippen molar-refractivity contribution in [2.24, 2.45) is 33.8 Å². The number of aliphatic hydroxyl groups excluding tert-OH is 1. The average molecular weight is 517 g/mol. The van der Waals surface area contributed by atoms with Crippen molar-refractivity contribution < 1.29 is 34.2 Å². The summed E-state index contributed by atoms with van der Waals surface area (Å²) in [6.07, 6.45) is -0.789. The molecule has 0 saturated carbocycles. The summed E-state index contributed by atoms with van der Waals surface area (Å²) in [7, 11) is 0. The van der Waals surface area contributed by atoms with Gasteiger partial charge in [0.1, 0.15) is 12.1 Å². The van der Waals surface area contributed by atoms with Crippen molar-refractivity contribution in [3.05, 3.63) is 0 Å². The third-order valence-corrected chi connectivity index (χ3v) is 5.46. The molecule has 0 fully saturated rings. The number of nitrogens with zero attached hydrogens (tertiary/aromatic N) is 1. The van der Waals surface area contributed by atoms with Crippen LogP contribution in [0.3, 0.4) is 0 Å². The van der Waals surface area contributed by atoms with Gasteiger partial charge in [-0.3, -0.25) is 24.2 Å². The largest absolute Gasteiger partial charge is 0.480 e. The van der Waals surface area contributed by atoms with Gasteiger partial charge in [-0.1, -0.05) is 20.3 Å². The average Bonchev–Trinajstić information content (AvgIpc) is 2.79. The van der Waals surface area contributed by atoms with Crippen LogP contribution in [0.15, 0.2) is 4.99 Å². The molecule has 0 aliphatic heterocycles. The van der Waals surface area contributed by atoms with Crippen molar-refractivity contribution in [2.75, 3.05) is 6.54 Å². The molecule has 0 bridgehead atoms. The molecule has 13 N–H and O–H groups in total. The lowest BCUT2D eigenvalue weighted by Gasteiger charge is -2.28. The van der Waals surface area contributed by atoms with E-state index in [0.717, 1.165) is 0 Å². The molecule has 0 aromatic carbocycles. The van der Waals surface area contributed by atoms with E-state index in [2.05, 4.69) is 20.9 Å². The maximum atomic E-state index is 13.1. The zero-order valence-electron chi connectivity index (χ0n) is 20.9. The van der Waals surface area contributed by atoms with Gasteiger partial charge in [0.05, 0.1) is 12.1 Å². The monoisotopic (exact) mass is 516 g/mol. The first kappa shape index (κ1) is 32.5. The molecule has 0 rings (SSSR count). The quantitative estimate of drug-likeness (QED) is 0.0524. The topological polar surface area (TPSA) is 278 Å². The number of carboxylic acid groups (broad SMARTS) is 1. The van der Waals surface area contributed by atoms with E-state index in [1.54, 1.807) is 13.8 Å². The molecule has 15 heteroatoms. The zero-order valence-corrected chi connectivity index (χ0v) is 20.9. The number of nitrogens with two attached hydrogens (primary N) is 4. The Bertz CT molecular complexity index is 801. The summed E-state index contributed by atoms with van der Waals surface area (Å²) in [5.74, 6) is -4.96. The second-order valence-corrected chi connectivity index (χ2v) is 8.56. The van der Waals surface area contributed by atoms with E-state index < -0.39 is 59.9 Å². The number of hydrogen-bond acceptors (Lipinski definition) is 8. The first-order valence-electron chi connectivity index (χ1n) is 11.6. The third kappa shape index (κ3) is 12.3. The Morgan fingerprint density at radius 2 is 1.47 bits per heavy atom. The van der Waals surface area contributed by atoms with Gasteiger partial charge in [-0.15, -0.1) is 0 Å². The lowest BCUT2D eigenvalue weighted by molar-refractivity contribution is -0.145. The maximum absolute atomic E-state index is 13.1. The van der Waals surface area contributed by atoms with E-state index in [1.165, 1.54) is 6.92 Å². The molecule has 6 unspecified atom stereocenters. The molecule has 0 radical (unpaired) electrons. The molecule has 0 aliphatic carbocycles. The summed E-state index contributed by atoms with van der Waals surface area (Å²) >= 11 is 0. The summed E-state index contributed by atoms with van der Waals surface area (Å²) in [6, 6.07) is -5.04. The van der Waals surface area contributed by atoms with Gasteiger partial charge in [-0.05, 0) is 32.1 Å². The van der Waals surface area contributed by atoms with Crippen LogP contribution < -0.4 is 38.9 Å². The van der Waals surface area contributed by atoms with Gasteiger partial charge in [0.25, 0.3) is 0 Å². The Hall–Kier alpha value is -3.46. The fourth-order valence-electron chi connectivity index (χ4n) is 3.07. The molecule has 0 heterocycles. The molecule has 4 amide bonds. The van der Waals surface area contributed by atoms with Crippen molar-refractivity contribution in [1.82, 2.24) is 16.0 Å². The van der Waals surface area contributed by atoms with Crippen LogP contribution in [0, 0.1) is 5.92 Å². The number of hydrogen-bond donors (Lipinski definition) is 9. The number of guanidine groups is 1. The lowest BCUT2D eigenvalue weighted by atomic mass is 9.96. The number of amides is 4. The van der Waals surface area contributed by atoms with E-state index in [4.69, 9.17) is 22.9 Å². The predicted octanol–water partition coefficient (Wildman–Crippen LogP) is -3.40. The van der Waals surface area contributed by atoms with Gasteiger partial charge < -0.3 is 49.1 Å². The Balaban J connectivity index is 5.51. The smallest absolute Gasteiger partial charge is 0.328 e. The molecule has 206 valence electrons. The maximum Gasteiger partial charge on any atom is 0.328 e. The van der Waals surface area contributed by atoms with Crippen LogP contribution >= 0.6 is 0 Å². The first-order chi connectivity index (χ1) is 16.7. The fraction of sp³-hybridized carbons (Fsp3) is 0.714. The number of carboxylic acids is 1. The molecule has 6 atom stereocenters. The summed E-state index contributed by atoms with van der Waals surface area (Å²) < 4.78 is 0. The molecular formula is C21H40N8O7. The van der Waals surface area contributed by atoms with Crippen molar-refractivity contribution >= 4 is 35.6 Å². The van der Waals surface area contributed by atoms with Crippen LogP contribution in [-0.4, -0.2) is 82.6 Å². The van der Waals surface area contributed by atoms with Crippen molar-refractivity contribution in [3.63, 3.8) is 0 Å². The van der Waals surface area contributed by atoms with Crippen LogP contribution in [0.5, 0.6) is 0 Å². The molecule has 0 spiro atoms. The van der Waals surface area contributed by atoms with Crippen molar-refractivity contribution in [2.45, 2.75) is 83.1 Å². The molecule has 0 aromatic heterocycles. The Labute approximate surface area is 209 Å². The molecular weight excluding hydrogens is 476 g/mol. The van der Waals surface area contributed by atoms with Crippen LogP contribution in [-0.2, 0) is 24.0 Å². The minimum absolute atomic E-state index is 0.0837. The van der Waals surface area contributed by atoms with E-state index in [1.807, 2.05) is 0 Å². The summed E-state index contributed by atoms with van der Waals surface area (Å²) in [4.78, 5) is 64.8. The number of aliphatic hydroxyl groups is 1. The third-order valence-electron chi connectivity index (χ3n) is 5.46. The zero-order chi connectivity index (χ0) is 28.0. The first-order valence-corrected chi connectivity index (χ1v) is 11.6. The van der Waals surface area contributed by atoms with E-state index in [0.29, 0.717) is 12.8 Å². The lowest BCUT2D eigenvalue weighted by Crippen LogP contribution is -2.59. The highest BCUT2D eigenvalue weighted by Crippen LogP contribution is 2.11. The molecule has 15 nitrogen and oxygen atoms in total. The SMILES string of the molecule is CCC(C)C(NC(=O)C(N)CCCN=C(N)N)C(=O)NC(CCC(N)=O)C(=O)NC(C(=O)O)C(C)O. The normalized spacial score (nSPS) is 15.8. The number of carbonyl (C=O) groups excluding carboxylic acids is 4. The van der Waals surface area contributed by atoms with Crippen molar-refractivity contribution in [1.29, 1.82) is 0 Å². The number of nitrogens with one attached hydrogen (secondary N) is 3. The second-order valence-electron chi connectivity index (χ2n) is 8.56. The van der Waals surface area contributed by atoms with Gasteiger partial charge in [0.15, 0.2) is 12.0 Å². The summed E-state index contributed by atoms with van der Waals surface area (Å²) in [5.41, 5.74) is 21.6. The van der Waals surface area contributed by atoms with E-state index in [-0.39, 0.29) is 37.7 Å². The van der Waals surface area contributed by atoms with Crippen LogP contribution in [0.25, 0.3) is 0 Å². The fourth-order valence-corrected chi connectivity index (χ4v) is 3.07. The number of aliphatic imine (C=N–C) groups is 1. The van der Waals surface area contributed by atoms with Crippen LogP contribution in [0.1, 0.15) is 52.9 Å². The van der Waals surface area contributed by atoms with E-state index in [9.17, 15) is 34.2 Å². The van der Waals surface area contributed by atoms with Crippen molar-refractivity contribution in [3.8, 4) is 0 Å². The number of carbonyl (C=O) groups is 5. The Morgan fingerprint density at radius 1 is 0.889 bits per heavy atom. The molecule has 0 aliphatic rings. The highest BCUT2D eigenvalue weighted by molar-refractivity contribution is 5.94. The minimum atomic E-state index is -1.65. The van der Waals surface area contributed by atoms with E-state index >= 15 is 0 Å². The standard InChI is InChI=1S/C21H40N8O7/c1-4-10(2)15(28-17(32)12(22)6-5-9-26-21(24)25)19(34)27-13(7-8-14(23)31)18(33)29-16(11(3)30)20(35)36/h10-13,15-16,30H,4-9,22H2,1-3H3,(H2,23,31)(H,27,34)(H,28,32)(H,29,33)(H,35,36)(H4,24,25,26). The summed E-state index contributed by atoms with van der Waals surface area (Å²) in [5, 5.41) is 26.0. The van der Waals surface area contributed by atoms with Gasteiger partial charge in [-0.2, -0.15) is 0 Å². The van der Waals surface area contributed by atoms with Crippen LogP contribution in [0.2, 0.25) is 0 Å². The highest BCUT2D eigenvalue weighted by atomic mass is 16.4. The van der Waals surface area contributed by atoms with Crippen LogP contribution in [0.4, 0.5) is 0 Å².